The van der Waals surface area contributed by atoms with E-state index < -0.39 is 5.97 Å². The van der Waals surface area contributed by atoms with Crippen molar-refractivity contribution in [1.82, 2.24) is 0 Å². The molecule has 0 aromatic heterocycles. The fraction of sp³-hybridized carbons (Fsp3) is 0.111. The zero-order valence-electron chi connectivity index (χ0n) is 7.61. The van der Waals surface area contributed by atoms with Crippen molar-refractivity contribution in [1.29, 1.82) is 0 Å². The molecular weight excluding hydrogens is 200 g/mol. The molecule has 0 aliphatic carbocycles. The van der Waals surface area contributed by atoms with Crippen molar-refractivity contribution in [2.45, 2.75) is 0 Å². The Morgan fingerprint density at radius 2 is 2.14 bits per heavy atom. The van der Waals surface area contributed by atoms with Gasteiger partial charge in [0.15, 0.2) is 0 Å². The van der Waals surface area contributed by atoms with Crippen molar-refractivity contribution < 1.29 is 9.53 Å². The number of carbonyl (C=O) groups excluding carboxylic acids is 1. The zero-order valence-corrected chi connectivity index (χ0v) is 8.43. The van der Waals surface area contributed by atoms with Crippen molar-refractivity contribution in [2.24, 2.45) is 5.73 Å². The van der Waals surface area contributed by atoms with E-state index in [2.05, 4.69) is 4.74 Å². The smallest absolute Gasteiger partial charge is 0.337 e. The van der Waals surface area contributed by atoms with Crippen LogP contribution in [0.5, 0.6) is 0 Å². The molecule has 0 aliphatic heterocycles. The van der Waals surface area contributed by atoms with Crippen molar-refractivity contribution in [2.75, 3.05) is 12.8 Å². The Hall–Kier alpha value is -1.62. The largest absolute Gasteiger partial charge is 0.465 e. The average Bonchev–Trinajstić information content (AvgIpc) is 2.15. The quantitative estimate of drug-likeness (QED) is 0.426. The Kier molecular flexibility index (Phi) is 3.03. The van der Waals surface area contributed by atoms with Gasteiger partial charge in [0.1, 0.15) is 4.99 Å². The monoisotopic (exact) mass is 210 g/mol. The molecule has 4 nitrogen and oxygen atoms in total. The second-order valence-electron chi connectivity index (χ2n) is 2.66. The number of nitrogen functional groups attached to an aromatic ring is 1. The second-order valence-corrected chi connectivity index (χ2v) is 3.10. The summed E-state index contributed by atoms with van der Waals surface area (Å²) in [5.74, 6) is -0.439. The predicted octanol–water partition coefficient (Wildman–Crippen LogP) is 0.690. The highest BCUT2D eigenvalue weighted by Crippen LogP contribution is 2.14. The molecule has 0 amide bonds. The molecule has 74 valence electrons. The Labute approximate surface area is 86.8 Å². The van der Waals surface area contributed by atoms with Crippen molar-refractivity contribution in [3.05, 3.63) is 29.3 Å². The molecule has 0 heterocycles. The molecule has 0 radical (unpaired) electrons. The lowest BCUT2D eigenvalue weighted by Gasteiger charge is -2.05. The highest BCUT2D eigenvalue weighted by atomic mass is 32.1. The van der Waals surface area contributed by atoms with Gasteiger partial charge in [-0.2, -0.15) is 0 Å². The van der Waals surface area contributed by atoms with Gasteiger partial charge in [-0.25, -0.2) is 4.79 Å². The fourth-order valence-electron chi connectivity index (χ4n) is 1.03. The first kappa shape index (κ1) is 10.5. The van der Waals surface area contributed by atoms with E-state index in [1.165, 1.54) is 13.2 Å². The van der Waals surface area contributed by atoms with Gasteiger partial charge in [0.2, 0.25) is 0 Å². The summed E-state index contributed by atoms with van der Waals surface area (Å²) in [6.07, 6.45) is 0. The molecule has 0 atom stereocenters. The first-order chi connectivity index (χ1) is 6.56. The van der Waals surface area contributed by atoms with E-state index in [4.69, 9.17) is 23.7 Å². The van der Waals surface area contributed by atoms with Crippen LogP contribution in [0.2, 0.25) is 0 Å². The maximum Gasteiger partial charge on any atom is 0.337 e. The lowest BCUT2D eigenvalue weighted by atomic mass is 10.1. The fourth-order valence-corrected chi connectivity index (χ4v) is 1.22. The summed E-state index contributed by atoms with van der Waals surface area (Å²) in [5.41, 5.74) is 12.4. The van der Waals surface area contributed by atoms with Gasteiger partial charge < -0.3 is 16.2 Å². The number of ether oxygens (including phenoxy) is 1. The van der Waals surface area contributed by atoms with Crippen LogP contribution in [0.15, 0.2) is 18.2 Å². The highest BCUT2D eigenvalue weighted by Gasteiger charge is 2.08. The molecule has 1 aromatic rings. The van der Waals surface area contributed by atoms with Gasteiger partial charge in [-0.05, 0) is 18.2 Å². The van der Waals surface area contributed by atoms with Crippen LogP contribution >= 0.6 is 12.2 Å². The van der Waals surface area contributed by atoms with E-state index in [0.717, 1.165) is 0 Å². The van der Waals surface area contributed by atoms with E-state index in [1.807, 2.05) is 0 Å². The molecule has 1 aromatic carbocycles. The molecule has 1 rings (SSSR count). The second kappa shape index (κ2) is 4.06. The third-order valence-electron chi connectivity index (χ3n) is 1.74. The summed E-state index contributed by atoms with van der Waals surface area (Å²) in [6, 6.07) is 4.65. The molecule has 5 heteroatoms. The van der Waals surface area contributed by atoms with Gasteiger partial charge >= 0.3 is 5.97 Å². The molecule has 0 fully saturated rings. The summed E-state index contributed by atoms with van der Waals surface area (Å²) in [4.78, 5) is 11.3. The van der Waals surface area contributed by atoms with Gasteiger partial charge in [-0.1, -0.05) is 12.2 Å². The van der Waals surface area contributed by atoms with Gasteiger partial charge in [-0.3, -0.25) is 0 Å². The summed E-state index contributed by atoms with van der Waals surface area (Å²) in [5, 5.41) is 0. The van der Waals surface area contributed by atoms with Crippen molar-refractivity contribution in [3.8, 4) is 0 Å². The number of methoxy groups -OCH3 is 1. The van der Waals surface area contributed by atoms with Crippen LogP contribution < -0.4 is 11.5 Å². The van der Waals surface area contributed by atoms with Crippen LogP contribution in [0, 0.1) is 0 Å². The lowest BCUT2D eigenvalue weighted by molar-refractivity contribution is 0.0601. The van der Waals surface area contributed by atoms with Crippen molar-refractivity contribution in [3.63, 3.8) is 0 Å². The summed E-state index contributed by atoms with van der Waals surface area (Å²) in [6.45, 7) is 0. The van der Waals surface area contributed by atoms with E-state index in [1.54, 1.807) is 12.1 Å². The van der Waals surface area contributed by atoms with Crippen molar-refractivity contribution >= 4 is 28.9 Å². The number of anilines is 1. The van der Waals surface area contributed by atoms with Crippen LogP contribution in [0.25, 0.3) is 0 Å². The number of hydrogen-bond donors (Lipinski definition) is 2. The summed E-state index contributed by atoms with van der Waals surface area (Å²) >= 11 is 4.77. The molecule has 0 unspecified atom stereocenters. The van der Waals surface area contributed by atoms with Gasteiger partial charge in [-0.15, -0.1) is 0 Å². The number of rotatable bonds is 2. The minimum Gasteiger partial charge on any atom is -0.465 e. The molecule has 0 saturated carbocycles. The average molecular weight is 210 g/mol. The molecule has 0 aliphatic rings. The first-order valence-corrected chi connectivity index (χ1v) is 4.24. The number of carbonyl (C=O) groups is 1. The van der Waals surface area contributed by atoms with Gasteiger partial charge in [0.05, 0.1) is 12.7 Å². The third-order valence-corrected chi connectivity index (χ3v) is 1.96. The highest BCUT2D eigenvalue weighted by molar-refractivity contribution is 7.80. The summed E-state index contributed by atoms with van der Waals surface area (Å²) < 4.78 is 4.53. The molecule has 0 bridgehead atoms. The first-order valence-electron chi connectivity index (χ1n) is 3.84. The van der Waals surface area contributed by atoms with E-state index >= 15 is 0 Å². The predicted molar refractivity (Wildman–Crippen MR) is 58.1 cm³/mol. The van der Waals surface area contributed by atoms with Gasteiger partial charge in [0.25, 0.3) is 0 Å². The number of hydrogen-bond acceptors (Lipinski definition) is 4. The number of nitrogens with two attached hydrogens (primary N) is 2. The number of benzene rings is 1. The van der Waals surface area contributed by atoms with Crippen LogP contribution in [0.1, 0.15) is 15.9 Å². The topological polar surface area (TPSA) is 78.3 Å². The normalized spacial score (nSPS) is 9.50. The summed E-state index contributed by atoms with van der Waals surface area (Å²) in [7, 11) is 1.31. The van der Waals surface area contributed by atoms with Crippen LogP contribution in [-0.2, 0) is 4.74 Å². The Bertz CT molecular complexity index is 390. The lowest BCUT2D eigenvalue weighted by Crippen LogP contribution is -2.13. The maximum absolute atomic E-state index is 11.1. The van der Waals surface area contributed by atoms with E-state index in [-0.39, 0.29) is 4.99 Å². The zero-order chi connectivity index (χ0) is 10.7. The Morgan fingerprint density at radius 1 is 1.50 bits per heavy atom. The minimum absolute atomic E-state index is 0.207. The van der Waals surface area contributed by atoms with Crippen LogP contribution in [0.4, 0.5) is 5.69 Å². The van der Waals surface area contributed by atoms with Gasteiger partial charge in [0, 0.05) is 11.3 Å². The molecule has 14 heavy (non-hydrogen) atoms. The number of esters is 1. The van der Waals surface area contributed by atoms with Crippen LogP contribution in [-0.4, -0.2) is 18.1 Å². The molecular formula is C9H10N2O2S. The minimum atomic E-state index is -0.439. The SMILES string of the molecule is COC(=O)c1ccc(C(N)=S)c(N)c1. The molecule has 4 N–H and O–H groups in total. The third kappa shape index (κ3) is 2.00. The molecule has 0 saturated heterocycles. The van der Waals surface area contributed by atoms with E-state index in [0.29, 0.717) is 16.8 Å². The molecule has 0 spiro atoms. The standard InChI is InChI=1S/C9H10N2O2S/c1-13-9(12)5-2-3-6(8(11)14)7(10)4-5/h2-4H,10H2,1H3,(H2,11,14). The Balaban J connectivity index is 3.12. The number of thiocarbonyl (C=S) groups is 1. The van der Waals surface area contributed by atoms with Crippen LogP contribution in [0.3, 0.4) is 0 Å². The van der Waals surface area contributed by atoms with E-state index in [9.17, 15) is 4.79 Å². The Morgan fingerprint density at radius 3 is 2.57 bits per heavy atom. The maximum atomic E-state index is 11.1.